The van der Waals surface area contributed by atoms with Crippen LogP contribution in [0.2, 0.25) is 5.02 Å². The summed E-state index contributed by atoms with van der Waals surface area (Å²) in [5.41, 5.74) is 2.51. The van der Waals surface area contributed by atoms with E-state index in [9.17, 15) is 9.18 Å². The number of benzene rings is 1. The lowest BCUT2D eigenvalue weighted by molar-refractivity contribution is -0.131. The zero-order chi connectivity index (χ0) is 26.1. The summed E-state index contributed by atoms with van der Waals surface area (Å²) in [5.74, 6) is 2.99. The Kier molecular flexibility index (Phi) is 7.19. The fourth-order valence-corrected chi connectivity index (χ4v) is 6.07. The quantitative estimate of drug-likeness (QED) is 0.456. The monoisotopic (exact) mass is 538 g/mol. The van der Waals surface area contributed by atoms with E-state index in [2.05, 4.69) is 25.1 Å². The Hall–Kier alpha value is -3.20. The van der Waals surface area contributed by atoms with Gasteiger partial charge in [-0.2, -0.15) is 5.10 Å². The standard InChI is InChI=1S/C28H32ClFN6O2/c29-22-15-31-28(32-16-22)35-7-3-18(4-8-35)24-11-19(24)6-10-38-23-2-1-20(25(30)13-23)12-27(37)36-9-5-26-21(17-36)14-33-34-26/h1-2,13-16,18-19,24H,3-12,17H2,(H,33,34)/t19-,24-/m1/s1. The predicted octanol–water partition coefficient (Wildman–Crippen LogP) is 4.44. The van der Waals surface area contributed by atoms with E-state index in [1.807, 2.05) is 0 Å². The van der Waals surface area contributed by atoms with Gasteiger partial charge in [0, 0.05) is 49.9 Å². The summed E-state index contributed by atoms with van der Waals surface area (Å²) in [6.07, 6.45) is 10.4. The lowest BCUT2D eigenvalue weighted by Crippen LogP contribution is -2.36. The minimum atomic E-state index is -0.391. The van der Waals surface area contributed by atoms with E-state index in [1.54, 1.807) is 35.6 Å². The number of fused-ring (bicyclic) bond motifs is 1. The number of rotatable bonds is 8. The third-order valence-electron chi connectivity index (χ3n) is 8.29. The van der Waals surface area contributed by atoms with Crippen molar-refractivity contribution in [3.63, 3.8) is 0 Å². The van der Waals surface area contributed by atoms with Crippen LogP contribution in [-0.2, 0) is 24.2 Å². The summed E-state index contributed by atoms with van der Waals surface area (Å²) in [4.78, 5) is 25.4. The van der Waals surface area contributed by atoms with Gasteiger partial charge >= 0.3 is 0 Å². The van der Waals surface area contributed by atoms with Crippen LogP contribution in [0.3, 0.4) is 0 Å². The molecule has 1 amide bonds. The minimum Gasteiger partial charge on any atom is -0.493 e. The molecule has 1 aliphatic carbocycles. The Morgan fingerprint density at radius 3 is 2.76 bits per heavy atom. The fourth-order valence-electron chi connectivity index (χ4n) is 5.98. The zero-order valence-electron chi connectivity index (χ0n) is 21.3. The zero-order valence-corrected chi connectivity index (χ0v) is 22.0. The highest BCUT2D eigenvalue weighted by molar-refractivity contribution is 6.30. The number of anilines is 1. The topological polar surface area (TPSA) is 87.2 Å². The lowest BCUT2D eigenvalue weighted by atomic mass is 9.90. The average molecular weight is 539 g/mol. The van der Waals surface area contributed by atoms with Crippen molar-refractivity contribution in [2.75, 3.05) is 31.1 Å². The van der Waals surface area contributed by atoms with Crippen molar-refractivity contribution in [3.05, 3.63) is 64.5 Å². The molecule has 8 nitrogen and oxygen atoms in total. The van der Waals surface area contributed by atoms with Gasteiger partial charge in [-0.1, -0.05) is 17.7 Å². The highest BCUT2D eigenvalue weighted by atomic mass is 35.5. The van der Waals surface area contributed by atoms with E-state index < -0.39 is 5.82 Å². The van der Waals surface area contributed by atoms with Gasteiger partial charge in [-0.25, -0.2) is 14.4 Å². The van der Waals surface area contributed by atoms with Crippen molar-refractivity contribution in [2.45, 2.75) is 45.1 Å². The Bertz CT molecular complexity index is 1280. The van der Waals surface area contributed by atoms with Crippen LogP contribution in [0.5, 0.6) is 5.75 Å². The third-order valence-corrected chi connectivity index (χ3v) is 8.48. The molecule has 1 N–H and O–H groups in total. The number of hydrogen-bond donors (Lipinski definition) is 1. The molecule has 2 aromatic heterocycles. The number of nitrogens with one attached hydrogen (secondary N) is 1. The molecule has 4 heterocycles. The first-order valence-electron chi connectivity index (χ1n) is 13.5. The number of aromatic nitrogens is 4. The molecule has 3 aliphatic rings. The van der Waals surface area contributed by atoms with E-state index in [0.717, 1.165) is 67.8 Å². The number of piperidine rings is 1. The number of amides is 1. The molecule has 2 fully saturated rings. The molecule has 3 aromatic rings. The minimum absolute atomic E-state index is 0.0476. The highest BCUT2D eigenvalue weighted by Gasteiger charge is 2.43. The molecule has 2 atom stereocenters. The molecule has 0 spiro atoms. The maximum Gasteiger partial charge on any atom is 0.227 e. The van der Waals surface area contributed by atoms with E-state index in [1.165, 1.54) is 12.5 Å². The summed E-state index contributed by atoms with van der Waals surface area (Å²) in [7, 11) is 0. The number of nitrogens with zero attached hydrogens (tertiary/aromatic N) is 5. The van der Waals surface area contributed by atoms with Gasteiger partial charge < -0.3 is 14.5 Å². The maximum absolute atomic E-state index is 14.8. The van der Waals surface area contributed by atoms with Gasteiger partial charge in [0.25, 0.3) is 0 Å². The Labute approximate surface area is 226 Å². The predicted molar refractivity (Wildman–Crippen MR) is 142 cm³/mol. The van der Waals surface area contributed by atoms with Gasteiger partial charge in [-0.3, -0.25) is 9.89 Å². The number of ether oxygens (including phenoxy) is 1. The molecule has 6 rings (SSSR count). The van der Waals surface area contributed by atoms with Gasteiger partial charge in [0.2, 0.25) is 11.9 Å². The van der Waals surface area contributed by atoms with E-state index in [-0.39, 0.29) is 12.3 Å². The Balaban J connectivity index is 0.921. The molecule has 10 heteroatoms. The van der Waals surface area contributed by atoms with Gasteiger partial charge in [0.05, 0.1) is 36.6 Å². The van der Waals surface area contributed by atoms with E-state index in [0.29, 0.717) is 41.9 Å². The normalized spacial score (nSPS) is 21.3. The van der Waals surface area contributed by atoms with Crippen molar-refractivity contribution < 1.29 is 13.9 Å². The fraction of sp³-hybridized carbons (Fsp3) is 0.500. The number of halogens is 2. The molecular formula is C28H32ClFN6O2. The number of carbonyl (C=O) groups excluding carboxylic acids is 1. The third kappa shape index (κ3) is 5.62. The van der Waals surface area contributed by atoms with Crippen LogP contribution >= 0.6 is 11.6 Å². The van der Waals surface area contributed by atoms with Gasteiger partial charge in [-0.05, 0) is 55.1 Å². The van der Waals surface area contributed by atoms with Crippen LogP contribution in [0.15, 0.2) is 36.8 Å². The molecular weight excluding hydrogens is 507 g/mol. The van der Waals surface area contributed by atoms with Gasteiger partial charge in [0.1, 0.15) is 11.6 Å². The van der Waals surface area contributed by atoms with Gasteiger partial charge in [-0.15, -0.1) is 0 Å². The van der Waals surface area contributed by atoms with Crippen LogP contribution in [0.25, 0.3) is 0 Å². The molecule has 1 saturated heterocycles. The maximum atomic E-state index is 14.8. The second-order valence-corrected chi connectivity index (χ2v) is 11.1. The number of H-pyrrole nitrogens is 1. The summed E-state index contributed by atoms with van der Waals surface area (Å²) in [5, 5.41) is 7.57. The Morgan fingerprint density at radius 1 is 1.16 bits per heavy atom. The molecule has 0 radical (unpaired) electrons. The Morgan fingerprint density at radius 2 is 1.97 bits per heavy atom. The number of hydrogen-bond acceptors (Lipinski definition) is 6. The number of carbonyl (C=O) groups is 1. The van der Waals surface area contributed by atoms with Crippen LogP contribution in [0.4, 0.5) is 10.3 Å². The van der Waals surface area contributed by atoms with Crippen LogP contribution < -0.4 is 9.64 Å². The van der Waals surface area contributed by atoms with Crippen molar-refractivity contribution in [3.8, 4) is 5.75 Å². The molecule has 0 unspecified atom stereocenters. The molecule has 0 bridgehead atoms. The molecule has 38 heavy (non-hydrogen) atoms. The lowest BCUT2D eigenvalue weighted by Gasteiger charge is -2.32. The van der Waals surface area contributed by atoms with Crippen molar-refractivity contribution in [1.82, 2.24) is 25.1 Å². The molecule has 2 aliphatic heterocycles. The van der Waals surface area contributed by atoms with Crippen LogP contribution in [-0.4, -0.2) is 57.2 Å². The van der Waals surface area contributed by atoms with Crippen molar-refractivity contribution in [1.29, 1.82) is 0 Å². The first kappa shape index (κ1) is 25.1. The summed E-state index contributed by atoms with van der Waals surface area (Å²) >= 11 is 5.90. The van der Waals surface area contributed by atoms with Gasteiger partial charge in [0.15, 0.2) is 0 Å². The summed E-state index contributed by atoms with van der Waals surface area (Å²) in [6, 6.07) is 4.86. The smallest absolute Gasteiger partial charge is 0.227 e. The van der Waals surface area contributed by atoms with Crippen molar-refractivity contribution in [2.24, 2.45) is 17.8 Å². The number of aromatic amines is 1. The second-order valence-electron chi connectivity index (χ2n) is 10.7. The largest absolute Gasteiger partial charge is 0.493 e. The summed E-state index contributed by atoms with van der Waals surface area (Å²) in [6.45, 7) is 3.67. The second kappa shape index (κ2) is 10.9. The highest BCUT2D eigenvalue weighted by Crippen LogP contribution is 2.49. The average Bonchev–Trinajstić information content (AvgIpc) is 3.55. The molecule has 200 valence electrons. The van der Waals surface area contributed by atoms with Crippen LogP contribution in [0, 0.1) is 23.6 Å². The van der Waals surface area contributed by atoms with E-state index >= 15 is 0 Å². The molecule has 1 aromatic carbocycles. The SMILES string of the molecule is O=C(Cc1ccc(OCC[C@@H]2C[C@@H]2C2CCN(c3ncc(Cl)cn3)CC2)cc1F)N1CCc2[nH]ncc2C1. The van der Waals surface area contributed by atoms with Crippen LogP contribution in [0.1, 0.15) is 42.5 Å². The summed E-state index contributed by atoms with van der Waals surface area (Å²) < 4.78 is 20.6. The molecule has 1 saturated carbocycles. The van der Waals surface area contributed by atoms with Crippen molar-refractivity contribution >= 4 is 23.5 Å². The van der Waals surface area contributed by atoms with E-state index in [4.69, 9.17) is 16.3 Å². The first-order valence-corrected chi connectivity index (χ1v) is 13.8. The first-order chi connectivity index (χ1) is 18.5.